The lowest BCUT2D eigenvalue weighted by molar-refractivity contribution is 0.0987. The molecule has 1 N–H and O–H groups in total. The molecule has 2 heterocycles. The molecule has 0 radical (unpaired) electrons. The van der Waals surface area contributed by atoms with Crippen molar-refractivity contribution in [3.8, 4) is 11.5 Å². The second kappa shape index (κ2) is 5.71. The number of nitrogens with one attached hydrogen (secondary N) is 1. The van der Waals surface area contributed by atoms with Crippen LogP contribution in [0.2, 0.25) is 0 Å². The van der Waals surface area contributed by atoms with E-state index in [2.05, 4.69) is 10.5 Å². The topological polar surface area (TPSA) is 73.6 Å². The molecule has 1 aliphatic rings. The van der Waals surface area contributed by atoms with Gasteiger partial charge in [0.1, 0.15) is 17.6 Å². The summed E-state index contributed by atoms with van der Waals surface area (Å²) in [5.41, 5.74) is 2.31. The SMILES string of the molecule is CCOc1cc2c(cc1NC(=O)c1cc(C)no1)O[C@H](C)C2. The van der Waals surface area contributed by atoms with Crippen LogP contribution in [0.15, 0.2) is 22.7 Å². The molecule has 0 unspecified atom stereocenters. The minimum Gasteiger partial charge on any atom is -0.492 e. The van der Waals surface area contributed by atoms with E-state index in [0.29, 0.717) is 23.7 Å². The maximum atomic E-state index is 12.2. The van der Waals surface area contributed by atoms with Gasteiger partial charge in [0.2, 0.25) is 5.76 Å². The number of aromatic nitrogens is 1. The molecule has 0 saturated heterocycles. The highest BCUT2D eigenvalue weighted by atomic mass is 16.5. The Bertz CT molecular complexity index is 708. The minimum atomic E-state index is -0.368. The van der Waals surface area contributed by atoms with Crippen LogP contribution in [0, 0.1) is 6.92 Å². The second-order valence-corrected chi connectivity index (χ2v) is 5.31. The van der Waals surface area contributed by atoms with Crippen molar-refractivity contribution >= 4 is 11.6 Å². The number of fused-ring (bicyclic) bond motifs is 1. The molecule has 0 fully saturated rings. The summed E-state index contributed by atoms with van der Waals surface area (Å²) in [5, 5.41) is 6.51. The zero-order valence-electron chi connectivity index (χ0n) is 12.8. The summed E-state index contributed by atoms with van der Waals surface area (Å²) >= 11 is 0. The molecule has 6 heteroatoms. The molecular formula is C16H18N2O4. The molecular weight excluding hydrogens is 284 g/mol. The molecule has 22 heavy (non-hydrogen) atoms. The van der Waals surface area contributed by atoms with Gasteiger partial charge < -0.3 is 19.3 Å². The van der Waals surface area contributed by atoms with E-state index in [9.17, 15) is 4.79 Å². The zero-order valence-corrected chi connectivity index (χ0v) is 12.8. The number of amides is 1. The third kappa shape index (κ3) is 2.77. The number of hydrogen-bond acceptors (Lipinski definition) is 5. The smallest absolute Gasteiger partial charge is 0.294 e. The van der Waals surface area contributed by atoms with Gasteiger partial charge in [0.05, 0.1) is 18.0 Å². The molecule has 1 amide bonds. The fraction of sp³-hybridized carbons (Fsp3) is 0.375. The maximum absolute atomic E-state index is 12.2. The first-order chi connectivity index (χ1) is 10.6. The van der Waals surface area contributed by atoms with Crippen LogP contribution < -0.4 is 14.8 Å². The predicted octanol–water partition coefficient (Wildman–Crippen LogP) is 2.96. The van der Waals surface area contributed by atoms with Crippen molar-refractivity contribution in [1.82, 2.24) is 5.16 Å². The van der Waals surface area contributed by atoms with Crippen molar-refractivity contribution in [1.29, 1.82) is 0 Å². The Balaban J connectivity index is 1.89. The van der Waals surface area contributed by atoms with Crippen molar-refractivity contribution in [3.63, 3.8) is 0 Å². The lowest BCUT2D eigenvalue weighted by Crippen LogP contribution is -2.12. The lowest BCUT2D eigenvalue weighted by Gasteiger charge is -2.12. The number of hydrogen-bond donors (Lipinski definition) is 1. The van der Waals surface area contributed by atoms with Crippen LogP contribution in [0.4, 0.5) is 5.69 Å². The zero-order chi connectivity index (χ0) is 15.7. The average molecular weight is 302 g/mol. The minimum absolute atomic E-state index is 0.132. The Kier molecular flexibility index (Phi) is 3.75. The molecule has 1 aromatic heterocycles. The van der Waals surface area contributed by atoms with Crippen molar-refractivity contribution in [2.24, 2.45) is 0 Å². The normalized spacial score (nSPS) is 16.0. The summed E-state index contributed by atoms with van der Waals surface area (Å²) in [4.78, 5) is 12.2. The Morgan fingerprint density at radius 2 is 2.27 bits per heavy atom. The van der Waals surface area contributed by atoms with Crippen LogP contribution in [0.1, 0.15) is 35.7 Å². The Morgan fingerprint density at radius 3 is 2.95 bits per heavy atom. The number of carbonyl (C=O) groups is 1. The van der Waals surface area contributed by atoms with E-state index >= 15 is 0 Å². The van der Waals surface area contributed by atoms with Gasteiger partial charge in [0.25, 0.3) is 5.91 Å². The standard InChI is InChI=1S/C16H18N2O4/c1-4-20-14-7-11-6-10(3)21-13(11)8-12(14)17-16(19)15-5-9(2)18-22-15/h5,7-8,10H,4,6H2,1-3H3,(H,17,19)/t10-/m1/s1. The summed E-state index contributed by atoms with van der Waals surface area (Å²) in [6.07, 6.45) is 0.970. The van der Waals surface area contributed by atoms with E-state index < -0.39 is 0 Å². The molecule has 0 saturated carbocycles. The van der Waals surface area contributed by atoms with Crippen molar-refractivity contribution in [2.75, 3.05) is 11.9 Å². The molecule has 6 nitrogen and oxygen atoms in total. The van der Waals surface area contributed by atoms with Crippen LogP contribution in [0.3, 0.4) is 0 Å². The maximum Gasteiger partial charge on any atom is 0.294 e. The van der Waals surface area contributed by atoms with E-state index in [1.54, 1.807) is 19.1 Å². The highest BCUT2D eigenvalue weighted by Gasteiger charge is 2.23. The fourth-order valence-corrected chi connectivity index (χ4v) is 2.47. The van der Waals surface area contributed by atoms with Gasteiger partial charge in [-0.25, -0.2) is 0 Å². The van der Waals surface area contributed by atoms with Crippen LogP contribution >= 0.6 is 0 Å². The third-order valence-corrected chi connectivity index (χ3v) is 3.40. The molecule has 1 aliphatic heterocycles. The Morgan fingerprint density at radius 1 is 1.45 bits per heavy atom. The number of ether oxygens (including phenoxy) is 2. The Labute approximate surface area is 128 Å². The van der Waals surface area contributed by atoms with E-state index in [-0.39, 0.29) is 17.8 Å². The van der Waals surface area contributed by atoms with Gasteiger partial charge in [-0.1, -0.05) is 5.16 Å². The molecule has 3 rings (SSSR count). The van der Waals surface area contributed by atoms with Gasteiger partial charge >= 0.3 is 0 Å². The van der Waals surface area contributed by atoms with Gasteiger partial charge in [-0.3, -0.25) is 4.79 Å². The average Bonchev–Trinajstić information content (AvgIpc) is 3.04. The molecule has 1 atom stereocenters. The summed E-state index contributed by atoms with van der Waals surface area (Å²) in [6.45, 7) is 6.18. The van der Waals surface area contributed by atoms with E-state index in [4.69, 9.17) is 14.0 Å². The van der Waals surface area contributed by atoms with Crippen LogP contribution in [0.25, 0.3) is 0 Å². The van der Waals surface area contributed by atoms with E-state index in [1.807, 2.05) is 19.9 Å². The van der Waals surface area contributed by atoms with Gasteiger partial charge in [0.15, 0.2) is 0 Å². The number of nitrogens with zero attached hydrogens (tertiary/aromatic N) is 1. The third-order valence-electron chi connectivity index (χ3n) is 3.40. The van der Waals surface area contributed by atoms with E-state index in [0.717, 1.165) is 17.7 Å². The van der Waals surface area contributed by atoms with Crippen molar-refractivity contribution in [3.05, 3.63) is 35.2 Å². The molecule has 0 spiro atoms. The summed E-state index contributed by atoms with van der Waals surface area (Å²) in [6, 6.07) is 5.30. The molecule has 2 aromatic rings. The molecule has 0 bridgehead atoms. The van der Waals surface area contributed by atoms with E-state index in [1.165, 1.54) is 0 Å². The molecule has 0 aliphatic carbocycles. The molecule has 1 aromatic carbocycles. The van der Waals surface area contributed by atoms with Crippen molar-refractivity contribution in [2.45, 2.75) is 33.3 Å². The second-order valence-electron chi connectivity index (χ2n) is 5.31. The first-order valence-electron chi connectivity index (χ1n) is 7.28. The first-order valence-corrected chi connectivity index (χ1v) is 7.28. The number of anilines is 1. The number of carbonyl (C=O) groups excluding carboxylic acids is 1. The monoisotopic (exact) mass is 302 g/mol. The van der Waals surface area contributed by atoms with Gasteiger partial charge in [-0.15, -0.1) is 0 Å². The molecule has 116 valence electrons. The number of aryl methyl sites for hydroxylation is 1. The van der Waals surface area contributed by atoms with Crippen molar-refractivity contribution < 1.29 is 18.8 Å². The number of rotatable bonds is 4. The summed E-state index contributed by atoms with van der Waals surface area (Å²) in [7, 11) is 0. The largest absolute Gasteiger partial charge is 0.492 e. The van der Waals surface area contributed by atoms with Crippen LogP contribution in [0.5, 0.6) is 11.5 Å². The van der Waals surface area contributed by atoms with Gasteiger partial charge in [-0.05, 0) is 26.8 Å². The fourth-order valence-electron chi connectivity index (χ4n) is 2.47. The quantitative estimate of drug-likeness (QED) is 0.940. The lowest BCUT2D eigenvalue weighted by atomic mass is 10.1. The van der Waals surface area contributed by atoms with Crippen LogP contribution in [-0.2, 0) is 6.42 Å². The van der Waals surface area contributed by atoms with Gasteiger partial charge in [-0.2, -0.15) is 0 Å². The first kappa shape index (κ1) is 14.4. The highest BCUT2D eigenvalue weighted by Crippen LogP contribution is 2.38. The highest BCUT2D eigenvalue weighted by molar-refractivity contribution is 6.03. The number of benzene rings is 1. The predicted molar refractivity (Wildman–Crippen MR) is 80.6 cm³/mol. The summed E-state index contributed by atoms with van der Waals surface area (Å²) in [5.74, 6) is 1.20. The van der Waals surface area contributed by atoms with Crippen LogP contribution in [-0.4, -0.2) is 23.8 Å². The van der Waals surface area contributed by atoms with Gasteiger partial charge in [0, 0.05) is 24.1 Å². The summed E-state index contributed by atoms with van der Waals surface area (Å²) < 4.78 is 16.3. The Hall–Kier alpha value is -2.50.